The molecular weight excluding hydrogens is 500 g/mol. The van der Waals surface area contributed by atoms with Gasteiger partial charge in [-0.1, -0.05) is 41.5 Å². The number of aromatic nitrogens is 5. The molecule has 0 saturated carbocycles. The van der Waals surface area contributed by atoms with Crippen molar-refractivity contribution in [3.63, 3.8) is 0 Å². The fourth-order valence-corrected chi connectivity index (χ4v) is 5.16. The number of hydrogen-bond donors (Lipinski definition) is 2. The average Bonchev–Trinajstić information content (AvgIpc) is 3.58. The second-order valence-corrected chi connectivity index (χ2v) is 9.69. The number of thiophene rings is 1. The van der Waals surface area contributed by atoms with Crippen LogP contribution in [-0.4, -0.2) is 31.5 Å². The summed E-state index contributed by atoms with van der Waals surface area (Å²) < 4.78 is 13.0. The third kappa shape index (κ3) is 5.02. The lowest BCUT2D eigenvalue weighted by molar-refractivity contribution is 0.102. The largest absolute Gasteiger partial charge is 0.489 e. The minimum absolute atomic E-state index is 0.206. The first-order chi connectivity index (χ1) is 18.6. The number of nitrogens with zero attached hydrogens (tertiary/aromatic N) is 4. The van der Waals surface area contributed by atoms with Crippen molar-refractivity contribution >= 4 is 44.2 Å². The van der Waals surface area contributed by atoms with Gasteiger partial charge in [0, 0.05) is 10.1 Å². The Bertz CT molecular complexity index is 1730. The van der Waals surface area contributed by atoms with Gasteiger partial charge in [0.2, 0.25) is 5.95 Å². The lowest BCUT2D eigenvalue weighted by Gasteiger charge is -2.09. The van der Waals surface area contributed by atoms with Gasteiger partial charge >= 0.3 is 0 Å². The van der Waals surface area contributed by atoms with E-state index in [9.17, 15) is 4.79 Å². The molecule has 0 fully saturated rings. The van der Waals surface area contributed by atoms with Crippen molar-refractivity contribution in [2.24, 2.45) is 0 Å². The topological polar surface area (TPSA) is 115 Å². The molecule has 6 rings (SSSR count). The molecule has 188 valence electrons. The normalized spacial score (nSPS) is 11.1. The maximum absolute atomic E-state index is 12.6. The maximum Gasteiger partial charge on any atom is 0.268 e. The van der Waals surface area contributed by atoms with Crippen LogP contribution in [0.5, 0.6) is 11.5 Å². The SMILES string of the molecule is Cc1c(C(=O)Nc2nnn[nH]2)sc2ccc(OCc3ccc(OCc4ccc5ccccc5n4)cc3)cc12. The van der Waals surface area contributed by atoms with Gasteiger partial charge < -0.3 is 9.47 Å². The number of hydrogen-bond acceptors (Lipinski definition) is 8. The van der Waals surface area contributed by atoms with Gasteiger partial charge in [-0.05, 0) is 76.3 Å². The second-order valence-electron chi connectivity index (χ2n) is 8.63. The molecule has 0 spiro atoms. The number of aryl methyl sites for hydroxylation is 1. The maximum atomic E-state index is 12.6. The van der Waals surface area contributed by atoms with Crippen molar-refractivity contribution in [3.05, 3.63) is 101 Å². The number of amides is 1. The van der Waals surface area contributed by atoms with Crippen LogP contribution in [0.3, 0.4) is 0 Å². The minimum atomic E-state index is -0.261. The summed E-state index contributed by atoms with van der Waals surface area (Å²) in [7, 11) is 0. The van der Waals surface area contributed by atoms with Gasteiger partial charge in [-0.3, -0.25) is 10.1 Å². The summed E-state index contributed by atoms with van der Waals surface area (Å²) in [6.45, 7) is 2.73. The lowest BCUT2D eigenvalue weighted by Crippen LogP contribution is -2.12. The highest BCUT2D eigenvalue weighted by Gasteiger charge is 2.17. The molecule has 0 radical (unpaired) electrons. The van der Waals surface area contributed by atoms with Crippen LogP contribution in [0.1, 0.15) is 26.5 Å². The fraction of sp³-hybridized carbons (Fsp3) is 0.107. The number of para-hydroxylation sites is 1. The molecular formula is C28H22N6O3S. The van der Waals surface area contributed by atoms with E-state index in [2.05, 4.69) is 37.0 Å². The predicted octanol–water partition coefficient (Wildman–Crippen LogP) is 5.68. The molecule has 3 aromatic heterocycles. The van der Waals surface area contributed by atoms with Crippen molar-refractivity contribution < 1.29 is 14.3 Å². The Morgan fingerprint density at radius 1 is 0.947 bits per heavy atom. The van der Waals surface area contributed by atoms with E-state index in [1.165, 1.54) is 11.3 Å². The number of tetrazole rings is 1. The van der Waals surface area contributed by atoms with Gasteiger partial charge in [0.15, 0.2) is 0 Å². The van der Waals surface area contributed by atoms with Crippen molar-refractivity contribution in [2.45, 2.75) is 20.1 Å². The monoisotopic (exact) mass is 522 g/mol. The van der Waals surface area contributed by atoms with E-state index in [1.54, 1.807) is 0 Å². The molecule has 1 amide bonds. The number of aromatic amines is 1. The van der Waals surface area contributed by atoms with Crippen LogP contribution in [0.2, 0.25) is 0 Å². The number of anilines is 1. The zero-order valence-electron chi connectivity index (χ0n) is 20.3. The van der Waals surface area contributed by atoms with Crippen LogP contribution < -0.4 is 14.8 Å². The standard InChI is InChI=1S/C28H22N6O3S/c1-17-23-14-22(12-13-25(23)38-26(17)27(35)30-28-31-33-34-32-28)36-15-18-6-10-21(11-7-18)37-16-20-9-8-19-4-2-3-5-24(19)29-20/h2-14H,15-16H2,1H3,(H2,30,31,32,33,34,35). The highest BCUT2D eigenvalue weighted by atomic mass is 32.1. The van der Waals surface area contributed by atoms with E-state index in [0.29, 0.717) is 18.1 Å². The number of nitrogens with one attached hydrogen (secondary N) is 2. The van der Waals surface area contributed by atoms with Crippen molar-refractivity contribution in [1.82, 2.24) is 25.6 Å². The Balaban J connectivity index is 1.07. The molecule has 3 aromatic carbocycles. The summed E-state index contributed by atoms with van der Waals surface area (Å²) in [4.78, 5) is 17.9. The van der Waals surface area contributed by atoms with Crippen molar-refractivity contribution in [3.8, 4) is 11.5 Å². The van der Waals surface area contributed by atoms with Crippen LogP contribution in [0.15, 0.2) is 78.9 Å². The number of H-pyrrole nitrogens is 1. The Labute approximate surface area is 221 Å². The zero-order chi connectivity index (χ0) is 25.9. The van der Waals surface area contributed by atoms with Gasteiger partial charge in [0.05, 0.1) is 16.1 Å². The van der Waals surface area contributed by atoms with Gasteiger partial charge in [-0.25, -0.2) is 10.1 Å². The highest BCUT2D eigenvalue weighted by molar-refractivity contribution is 7.21. The highest BCUT2D eigenvalue weighted by Crippen LogP contribution is 2.34. The number of rotatable bonds is 8. The second kappa shape index (κ2) is 10.3. The summed E-state index contributed by atoms with van der Waals surface area (Å²) in [6.07, 6.45) is 0. The van der Waals surface area contributed by atoms with E-state index < -0.39 is 0 Å². The lowest BCUT2D eigenvalue weighted by atomic mass is 10.1. The number of benzene rings is 3. The molecule has 0 aliphatic rings. The Hall–Kier alpha value is -4.83. The molecule has 0 saturated heterocycles. The zero-order valence-corrected chi connectivity index (χ0v) is 21.2. The smallest absolute Gasteiger partial charge is 0.268 e. The summed E-state index contributed by atoms with van der Waals surface area (Å²) in [5, 5.41) is 17.9. The minimum Gasteiger partial charge on any atom is -0.489 e. The van der Waals surface area contributed by atoms with Gasteiger partial charge in [0.1, 0.15) is 24.7 Å². The first-order valence-corrected chi connectivity index (χ1v) is 12.7. The van der Waals surface area contributed by atoms with Crippen LogP contribution in [-0.2, 0) is 13.2 Å². The summed E-state index contributed by atoms with van der Waals surface area (Å²) >= 11 is 1.41. The third-order valence-electron chi connectivity index (χ3n) is 6.06. The van der Waals surface area contributed by atoms with E-state index in [-0.39, 0.29) is 11.9 Å². The summed E-state index contributed by atoms with van der Waals surface area (Å²) in [5.41, 5.74) is 3.73. The van der Waals surface area contributed by atoms with E-state index in [4.69, 9.17) is 9.47 Å². The summed E-state index contributed by atoms with van der Waals surface area (Å²) in [6, 6.07) is 25.7. The Kier molecular flexibility index (Phi) is 6.37. The number of carbonyl (C=O) groups excluding carboxylic acids is 1. The predicted molar refractivity (Wildman–Crippen MR) is 146 cm³/mol. The van der Waals surface area contributed by atoms with E-state index in [0.717, 1.165) is 49.3 Å². The number of pyridine rings is 1. The van der Waals surface area contributed by atoms with Crippen molar-refractivity contribution in [2.75, 3.05) is 5.32 Å². The molecule has 10 heteroatoms. The average molecular weight is 523 g/mol. The van der Waals surface area contributed by atoms with Crippen molar-refractivity contribution in [1.29, 1.82) is 0 Å². The molecule has 38 heavy (non-hydrogen) atoms. The summed E-state index contributed by atoms with van der Waals surface area (Å²) in [5.74, 6) is 1.44. The number of carbonyl (C=O) groups is 1. The quantitative estimate of drug-likeness (QED) is 0.264. The molecule has 0 bridgehead atoms. The van der Waals surface area contributed by atoms with E-state index in [1.807, 2.05) is 79.7 Å². The first-order valence-electron chi connectivity index (χ1n) is 11.9. The van der Waals surface area contributed by atoms with Crippen LogP contribution in [0.25, 0.3) is 21.0 Å². The Morgan fingerprint density at radius 2 is 1.76 bits per heavy atom. The van der Waals surface area contributed by atoms with Gasteiger partial charge in [0.25, 0.3) is 5.91 Å². The van der Waals surface area contributed by atoms with E-state index >= 15 is 0 Å². The molecule has 0 aliphatic carbocycles. The van der Waals surface area contributed by atoms with Crippen LogP contribution in [0.4, 0.5) is 5.95 Å². The van der Waals surface area contributed by atoms with Crippen LogP contribution >= 0.6 is 11.3 Å². The molecule has 0 unspecified atom stereocenters. The fourth-order valence-electron chi connectivity index (χ4n) is 4.08. The van der Waals surface area contributed by atoms with Gasteiger partial charge in [-0.2, -0.15) is 0 Å². The first kappa shape index (κ1) is 23.6. The molecule has 3 heterocycles. The van der Waals surface area contributed by atoms with Gasteiger partial charge in [-0.15, -0.1) is 11.3 Å². The molecule has 9 nitrogen and oxygen atoms in total. The molecule has 6 aromatic rings. The molecule has 0 atom stereocenters. The Morgan fingerprint density at radius 3 is 2.61 bits per heavy atom. The number of ether oxygens (including phenoxy) is 2. The van der Waals surface area contributed by atoms with Crippen LogP contribution in [0, 0.1) is 6.92 Å². The number of fused-ring (bicyclic) bond motifs is 2. The molecule has 0 aliphatic heterocycles. The third-order valence-corrected chi connectivity index (χ3v) is 7.33. The molecule has 2 N–H and O–H groups in total.